The van der Waals surface area contributed by atoms with Gasteiger partial charge >= 0.3 is 0 Å². The van der Waals surface area contributed by atoms with Crippen LogP contribution in [0.4, 0.5) is 0 Å². The van der Waals surface area contributed by atoms with Crippen LogP contribution in [0.3, 0.4) is 0 Å². The summed E-state index contributed by atoms with van der Waals surface area (Å²) in [5.74, 6) is -0.164. The van der Waals surface area contributed by atoms with Gasteiger partial charge in [0.15, 0.2) is 0 Å². The lowest BCUT2D eigenvalue weighted by molar-refractivity contribution is -0.128. The lowest BCUT2D eigenvalue weighted by Gasteiger charge is -2.17. The summed E-state index contributed by atoms with van der Waals surface area (Å²) in [6.45, 7) is 6.39. The number of carbonyl (C=O) groups is 2. The first-order valence-corrected chi connectivity index (χ1v) is 6.92. The van der Waals surface area contributed by atoms with Crippen molar-refractivity contribution in [2.45, 2.75) is 20.8 Å². The SMILES string of the molecule is CC(C)(C)C(=O)NCCNC(=O)c1ccc(Br)cc1. The summed E-state index contributed by atoms with van der Waals surface area (Å²) in [7, 11) is 0. The molecular weight excluding hydrogens is 308 g/mol. The van der Waals surface area contributed by atoms with E-state index in [1.165, 1.54) is 0 Å². The normalized spacial score (nSPS) is 10.9. The van der Waals surface area contributed by atoms with Crippen molar-refractivity contribution in [2.75, 3.05) is 13.1 Å². The van der Waals surface area contributed by atoms with E-state index in [0.29, 0.717) is 18.7 Å². The minimum atomic E-state index is -0.407. The van der Waals surface area contributed by atoms with E-state index in [0.717, 1.165) is 4.47 Å². The van der Waals surface area contributed by atoms with Crippen molar-refractivity contribution in [1.29, 1.82) is 0 Å². The van der Waals surface area contributed by atoms with Crippen LogP contribution >= 0.6 is 15.9 Å². The van der Waals surface area contributed by atoms with Crippen LogP contribution in [0.15, 0.2) is 28.7 Å². The fourth-order valence-corrected chi connectivity index (χ4v) is 1.58. The molecule has 0 heterocycles. The number of hydrogen-bond donors (Lipinski definition) is 2. The summed E-state index contributed by atoms with van der Waals surface area (Å²) in [5.41, 5.74) is 0.195. The second-order valence-electron chi connectivity index (χ2n) is 5.27. The number of amides is 2. The molecule has 1 rings (SSSR count). The lowest BCUT2D eigenvalue weighted by Crippen LogP contribution is -2.39. The van der Waals surface area contributed by atoms with Gasteiger partial charge in [-0.15, -0.1) is 0 Å². The predicted molar refractivity (Wildman–Crippen MR) is 78.9 cm³/mol. The molecule has 2 amide bonds. The topological polar surface area (TPSA) is 58.2 Å². The summed E-state index contributed by atoms with van der Waals surface area (Å²) in [5, 5.41) is 5.53. The Morgan fingerprint density at radius 3 is 2.11 bits per heavy atom. The number of hydrogen-bond acceptors (Lipinski definition) is 2. The van der Waals surface area contributed by atoms with Crippen molar-refractivity contribution in [1.82, 2.24) is 10.6 Å². The molecule has 0 unspecified atom stereocenters. The first-order valence-electron chi connectivity index (χ1n) is 6.13. The molecule has 5 heteroatoms. The maximum Gasteiger partial charge on any atom is 0.251 e. The van der Waals surface area contributed by atoms with Gasteiger partial charge in [0.05, 0.1) is 0 Å². The van der Waals surface area contributed by atoms with Crippen LogP contribution in [-0.4, -0.2) is 24.9 Å². The highest BCUT2D eigenvalue weighted by Gasteiger charge is 2.20. The van der Waals surface area contributed by atoms with Crippen LogP contribution in [0.1, 0.15) is 31.1 Å². The van der Waals surface area contributed by atoms with E-state index in [2.05, 4.69) is 26.6 Å². The Morgan fingerprint density at radius 1 is 1.05 bits per heavy atom. The molecular formula is C14H19BrN2O2. The zero-order valence-electron chi connectivity index (χ0n) is 11.4. The number of halogens is 1. The molecule has 0 fully saturated rings. The van der Waals surface area contributed by atoms with Crippen LogP contribution in [0.5, 0.6) is 0 Å². The molecule has 0 atom stereocenters. The number of benzene rings is 1. The highest BCUT2D eigenvalue weighted by Crippen LogP contribution is 2.12. The van der Waals surface area contributed by atoms with Gasteiger partial charge < -0.3 is 10.6 Å². The Hall–Kier alpha value is -1.36. The van der Waals surface area contributed by atoms with Crippen molar-refractivity contribution in [2.24, 2.45) is 5.41 Å². The van der Waals surface area contributed by atoms with Gasteiger partial charge in [-0.25, -0.2) is 0 Å². The van der Waals surface area contributed by atoms with E-state index >= 15 is 0 Å². The fraction of sp³-hybridized carbons (Fsp3) is 0.429. The Labute approximate surface area is 122 Å². The van der Waals surface area contributed by atoms with E-state index in [-0.39, 0.29) is 11.8 Å². The maximum atomic E-state index is 11.8. The molecule has 1 aromatic carbocycles. The van der Waals surface area contributed by atoms with Gasteiger partial charge in [-0.2, -0.15) is 0 Å². The number of nitrogens with one attached hydrogen (secondary N) is 2. The standard InChI is InChI=1S/C14H19BrN2O2/c1-14(2,3)13(19)17-9-8-16-12(18)10-4-6-11(15)7-5-10/h4-7H,8-9H2,1-3H3,(H,16,18)(H,17,19). The van der Waals surface area contributed by atoms with Crippen LogP contribution in [0.25, 0.3) is 0 Å². The van der Waals surface area contributed by atoms with Gasteiger partial charge in [0.2, 0.25) is 5.91 Å². The Kier molecular flexibility index (Phi) is 5.54. The molecule has 4 nitrogen and oxygen atoms in total. The monoisotopic (exact) mass is 326 g/mol. The Balaban J connectivity index is 2.32. The fourth-order valence-electron chi connectivity index (χ4n) is 1.32. The number of rotatable bonds is 4. The third kappa shape index (κ3) is 5.42. The first kappa shape index (κ1) is 15.7. The molecule has 0 spiro atoms. The van der Waals surface area contributed by atoms with Crippen LogP contribution < -0.4 is 10.6 Å². The third-order valence-corrected chi connectivity index (χ3v) is 3.01. The van der Waals surface area contributed by atoms with Crippen LogP contribution in [-0.2, 0) is 4.79 Å². The van der Waals surface area contributed by atoms with Crippen LogP contribution in [0, 0.1) is 5.41 Å². The minimum Gasteiger partial charge on any atom is -0.354 e. The van der Waals surface area contributed by atoms with Crippen molar-refractivity contribution in [3.8, 4) is 0 Å². The average Bonchev–Trinajstić information content (AvgIpc) is 2.33. The molecule has 0 aliphatic carbocycles. The van der Waals surface area contributed by atoms with Gasteiger partial charge in [-0.1, -0.05) is 36.7 Å². The smallest absolute Gasteiger partial charge is 0.251 e. The molecule has 19 heavy (non-hydrogen) atoms. The van der Waals surface area contributed by atoms with Gasteiger partial charge in [-0.05, 0) is 24.3 Å². The molecule has 104 valence electrons. The van der Waals surface area contributed by atoms with Crippen LogP contribution in [0.2, 0.25) is 0 Å². The van der Waals surface area contributed by atoms with Crippen molar-refractivity contribution < 1.29 is 9.59 Å². The van der Waals surface area contributed by atoms with Gasteiger partial charge in [0.1, 0.15) is 0 Å². The summed E-state index contributed by atoms with van der Waals surface area (Å²) in [6.07, 6.45) is 0. The molecule has 0 aromatic heterocycles. The van der Waals surface area contributed by atoms with Gasteiger partial charge in [0.25, 0.3) is 5.91 Å². The molecule has 0 aliphatic heterocycles. The van der Waals surface area contributed by atoms with Crippen molar-refractivity contribution in [3.63, 3.8) is 0 Å². The highest BCUT2D eigenvalue weighted by atomic mass is 79.9. The lowest BCUT2D eigenvalue weighted by atomic mass is 9.96. The summed E-state index contributed by atoms with van der Waals surface area (Å²) in [4.78, 5) is 23.3. The van der Waals surface area contributed by atoms with Crippen molar-refractivity contribution in [3.05, 3.63) is 34.3 Å². The van der Waals surface area contributed by atoms with E-state index in [1.807, 2.05) is 32.9 Å². The highest BCUT2D eigenvalue weighted by molar-refractivity contribution is 9.10. The Morgan fingerprint density at radius 2 is 1.58 bits per heavy atom. The molecule has 0 saturated heterocycles. The molecule has 0 radical (unpaired) electrons. The zero-order valence-corrected chi connectivity index (χ0v) is 13.0. The van der Waals surface area contributed by atoms with E-state index in [9.17, 15) is 9.59 Å². The maximum absolute atomic E-state index is 11.8. The van der Waals surface area contributed by atoms with Gasteiger partial charge in [0, 0.05) is 28.5 Å². The Bertz CT molecular complexity index is 450. The van der Waals surface area contributed by atoms with Gasteiger partial charge in [-0.3, -0.25) is 9.59 Å². The second-order valence-corrected chi connectivity index (χ2v) is 6.18. The van der Waals surface area contributed by atoms with E-state index in [1.54, 1.807) is 12.1 Å². The van der Waals surface area contributed by atoms with E-state index in [4.69, 9.17) is 0 Å². The summed E-state index contributed by atoms with van der Waals surface area (Å²) in [6, 6.07) is 7.12. The first-order chi connectivity index (χ1) is 8.80. The third-order valence-electron chi connectivity index (χ3n) is 2.48. The number of carbonyl (C=O) groups excluding carboxylic acids is 2. The molecule has 1 aromatic rings. The largest absolute Gasteiger partial charge is 0.354 e. The molecule has 0 saturated carbocycles. The summed E-state index contributed by atoms with van der Waals surface area (Å²) >= 11 is 3.31. The second kappa shape index (κ2) is 6.70. The molecule has 2 N–H and O–H groups in total. The summed E-state index contributed by atoms with van der Waals surface area (Å²) < 4.78 is 0.932. The average molecular weight is 327 g/mol. The zero-order chi connectivity index (χ0) is 14.5. The quantitative estimate of drug-likeness (QED) is 0.834. The molecule has 0 bridgehead atoms. The predicted octanol–water partition coefficient (Wildman–Crippen LogP) is 2.34. The van der Waals surface area contributed by atoms with Crippen molar-refractivity contribution >= 4 is 27.7 Å². The minimum absolute atomic E-state index is 0.0228. The van der Waals surface area contributed by atoms with E-state index < -0.39 is 5.41 Å². The molecule has 0 aliphatic rings.